The number of hydrazone groups is 1. The highest BCUT2D eigenvalue weighted by Crippen LogP contribution is 2.23. The maximum atomic E-state index is 12.9. The minimum atomic E-state index is -0.789. The van der Waals surface area contributed by atoms with Crippen molar-refractivity contribution in [3.63, 3.8) is 0 Å². The summed E-state index contributed by atoms with van der Waals surface area (Å²) in [7, 11) is 3.01. The lowest BCUT2D eigenvalue weighted by molar-refractivity contribution is -0.553. The molecule has 2 N–H and O–H groups in total. The Hall–Kier alpha value is -3.72. The van der Waals surface area contributed by atoms with Gasteiger partial charge in [0.05, 0.1) is 12.8 Å². The van der Waals surface area contributed by atoms with Gasteiger partial charge in [0.25, 0.3) is 5.91 Å². The van der Waals surface area contributed by atoms with Crippen LogP contribution in [-0.2, 0) is 11.3 Å². The fourth-order valence-electron chi connectivity index (χ4n) is 3.43. The summed E-state index contributed by atoms with van der Waals surface area (Å²) in [6.45, 7) is 0.281. The number of fused-ring (bicyclic) bond motifs is 1. The molecule has 2 aromatic rings. The monoisotopic (exact) mass is 439 g/mol. The van der Waals surface area contributed by atoms with Gasteiger partial charge in [-0.05, 0) is 23.8 Å². The molecule has 1 saturated heterocycles. The maximum Gasteiger partial charge on any atom is 0.414 e. The van der Waals surface area contributed by atoms with Gasteiger partial charge in [-0.15, -0.1) is 5.10 Å². The normalized spacial score (nSPS) is 18.7. The maximum absolute atomic E-state index is 12.9. The van der Waals surface area contributed by atoms with E-state index in [0.717, 1.165) is 10.5 Å². The molecule has 0 spiro atoms. The zero-order valence-corrected chi connectivity index (χ0v) is 17.6. The molecule has 2 aliphatic rings. The van der Waals surface area contributed by atoms with E-state index in [2.05, 4.69) is 15.5 Å². The summed E-state index contributed by atoms with van der Waals surface area (Å²) in [5.41, 5.74) is 4.33. The van der Waals surface area contributed by atoms with Crippen LogP contribution < -0.4 is 5.43 Å². The van der Waals surface area contributed by atoms with E-state index >= 15 is 0 Å². The van der Waals surface area contributed by atoms with Crippen molar-refractivity contribution in [2.45, 2.75) is 12.6 Å². The second kappa shape index (κ2) is 8.19. The topological polar surface area (TPSA) is 101 Å². The van der Waals surface area contributed by atoms with Crippen LogP contribution >= 0.6 is 11.6 Å². The van der Waals surface area contributed by atoms with Crippen LogP contribution in [-0.4, -0.2) is 69.6 Å². The Kier molecular flexibility index (Phi) is 5.43. The molecule has 3 amide bonds. The second-order valence-electron chi connectivity index (χ2n) is 7.12. The van der Waals surface area contributed by atoms with Crippen LogP contribution in [0.4, 0.5) is 4.79 Å². The van der Waals surface area contributed by atoms with E-state index in [1.54, 1.807) is 42.0 Å². The number of urea groups is 1. The molecule has 10 heteroatoms. The minimum absolute atomic E-state index is 0.123. The van der Waals surface area contributed by atoms with Gasteiger partial charge >= 0.3 is 12.0 Å². The number of carbonyl (C=O) groups is 2. The van der Waals surface area contributed by atoms with Crippen LogP contribution in [0.2, 0.25) is 5.02 Å². The number of nitrogens with zero attached hydrogens (tertiary/aromatic N) is 5. The Bertz CT molecular complexity index is 1160. The van der Waals surface area contributed by atoms with E-state index in [1.807, 2.05) is 18.2 Å². The predicted molar refractivity (Wildman–Crippen MR) is 116 cm³/mol. The quantitative estimate of drug-likeness (QED) is 0.431. The number of likely N-dealkylation sites (N-methyl/N-ethyl adjacent to an activating group) is 2. The summed E-state index contributed by atoms with van der Waals surface area (Å²) >= 11 is 6.33. The zero-order valence-electron chi connectivity index (χ0n) is 16.9. The number of rotatable bonds is 4. The average molecular weight is 440 g/mol. The van der Waals surface area contributed by atoms with Gasteiger partial charge in [0, 0.05) is 24.7 Å². The molecule has 0 aliphatic carbocycles. The first-order valence-corrected chi connectivity index (χ1v) is 9.83. The van der Waals surface area contributed by atoms with Crippen molar-refractivity contribution >= 4 is 41.5 Å². The van der Waals surface area contributed by atoms with Crippen LogP contribution in [0.3, 0.4) is 0 Å². The van der Waals surface area contributed by atoms with Crippen LogP contribution in [0.15, 0.2) is 58.6 Å². The molecule has 2 aromatic carbocycles. The van der Waals surface area contributed by atoms with Crippen molar-refractivity contribution in [2.24, 2.45) is 10.1 Å². The molecule has 0 bridgehead atoms. The van der Waals surface area contributed by atoms with Gasteiger partial charge in [0.2, 0.25) is 11.9 Å². The molecule has 0 saturated carbocycles. The molecular formula is C21H20ClN6O3+. The Morgan fingerprint density at radius 1 is 1.19 bits per heavy atom. The van der Waals surface area contributed by atoms with Crippen LogP contribution in [0.25, 0.3) is 0 Å². The molecular weight excluding hydrogens is 420 g/mol. The number of carbonyl (C=O) groups excluding carboxylic acids is 2. The summed E-state index contributed by atoms with van der Waals surface area (Å²) in [6, 6.07) is 12.7. The minimum Gasteiger partial charge on any atom is -0.508 e. The molecule has 1 fully saturated rings. The van der Waals surface area contributed by atoms with E-state index in [4.69, 9.17) is 11.6 Å². The van der Waals surface area contributed by atoms with E-state index in [9.17, 15) is 14.7 Å². The number of phenols is 1. The number of amidine groups is 1. The Labute approximate surface area is 183 Å². The number of nitrogens with one attached hydrogen (secondary N) is 1. The number of benzene rings is 2. The molecule has 158 valence electrons. The first kappa shape index (κ1) is 20.5. The molecule has 2 aliphatic heterocycles. The highest BCUT2D eigenvalue weighted by molar-refractivity contribution is 6.31. The van der Waals surface area contributed by atoms with Crippen molar-refractivity contribution in [1.29, 1.82) is 0 Å². The SMILES string of the molecule is CN1C(=O)C2C(=NC(N/N=C/c3cccc(O)c3)=[N+]2Cc2ccccc2Cl)N(C)C1=O. The van der Waals surface area contributed by atoms with Gasteiger partial charge in [-0.2, -0.15) is 5.43 Å². The number of aliphatic imine (C=N–C) groups is 1. The summed E-state index contributed by atoms with van der Waals surface area (Å²) in [5, 5.41) is 14.3. The largest absolute Gasteiger partial charge is 0.508 e. The highest BCUT2D eigenvalue weighted by atomic mass is 35.5. The van der Waals surface area contributed by atoms with Gasteiger partial charge in [-0.1, -0.05) is 46.9 Å². The van der Waals surface area contributed by atoms with E-state index < -0.39 is 12.1 Å². The van der Waals surface area contributed by atoms with E-state index in [1.165, 1.54) is 18.2 Å². The molecule has 1 atom stereocenters. The van der Waals surface area contributed by atoms with Crippen LogP contribution in [0.5, 0.6) is 5.75 Å². The van der Waals surface area contributed by atoms with Crippen molar-refractivity contribution in [2.75, 3.05) is 14.1 Å². The van der Waals surface area contributed by atoms with Crippen molar-refractivity contribution < 1.29 is 19.3 Å². The molecule has 4 rings (SSSR count). The summed E-state index contributed by atoms with van der Waals surface area (Å²) in [4.78, 5) is 32.2. The van der Waals surface area contributed by atoms with E-state index in [0.29, 0.717) is 22.4 Å². The van der Waals surface area contributed by atoms with Crippen LogP contribution in [0, 0.1) is 0 Å². The van der Waals surface area contributed by atoms with E-state index in [-0.39, 0.29) is 18.2 Å². The lowest BCUT2D eigenvalue weighted by Crippen LogP contribution is -2.61. The fourth-order valence-corrected chi connectivity index (χ4v) is 3.63. The number of phenolic OH excluding ortho intramolecular Hbond substituents is 1. The van der Waals surface area contributed by atoms with Crippen molar-refractivity contribution in [3.8, 4) is 5.75 Å². The summed E-state index contributed by atoms with van der Waals surface area (Å²) in [6.07, 6.45) is 1.52. The molecule has 1 unspecified atom stereocenters. The van der Waals surface area contributed by atoms with Crippen molar-refractivity contribution in [3.05, 3.63) is 64.7 Å². The zero-order chi connectivity index (χ0) is 22.1. The van der Waals surface area contributed by atoms with Crippen molar-refractivity contribution in [1.82, 2.24) is 15.2 Å². The first-order chi connectivity index (χ1) is 14.9. The number of halogens is 1. The third-order valence-electron chi connectivity index (χ3n) is 5.08. The highest BCUT2D eigenvalue weighted by Gasteiger charge is 2.51. The molecule has 0 aromatic heterocycles. The van der Waals surface area contributed by atoms with Gasteiger partial charge in [0.1, 0.15) is 5.75 Å². The lowest BCUT2D eigenvalue weighted by atomic mass is 10.1. The number of aromatic hydroxyl groups is 1. The summed E-state index contributed by atoms with van der Waals surface area (Å²) in [5.74, 6) is 0.357. The number of hydrogen-bond donors (Lipinski definition) is 2. The number of hydrogen-bond acceptors (Lipinski definition) is 6. The Balaban J connectivity index is 1.70. The average Bonchev–Trinajstić information content (AvgIpc) is 3.11. The van der Waals surface area contributed by atoms with Gasteiger partial charge in [0.15, 0.2) is 0 Å². The number of guanidine groups is 1. The number of imide groups is 1. The van der Waals surface area contributed by atoms with Crippen LogP contribution in [0.1, 0.15) is 11.1 Å². The molecule has 9 nitrogen and oxygen atoms in total. The van der Waals surface area contributed by atoms with Gasteiger partial charge in [-0.25, -0.2) is 9.37 Å². The third kappa shape index (κ3) is 3.87. The molecule has 0 radical (unpaired) electrons. The third-order valence-corrected chi connectivity index (χ3v) is 5.45. The smallest absolute Gasteiger partial charge is 0.414 e. The lowest BCUT2D eigenvalue weighted by Gasteiger charge is -2.31. The Morgan fingerprint density at radius 2 is 1.97 bits per heavy atom. The number of amides is 3. The fraction of sp³-hybridized carbons (Fsp3) is 0.190. The second-order valence-corrected chi connectivity index (χ2v) is 7.53. The molecule has 31 heavy (non-hydrogen) atoms. The first-order valence-electron chi connectivity index (χ1n) is 9.46. The van der Waals surface area contributed by atoms with Gasteiger partial charge in [-0.3, -0.25) is 14.6 Å². The Morgan fingerprint density at radius 3 is 2.71 bits per heavy atom. The molecule has 2 heterocycles. The predicted octanol–water partition coefficient (Wildman–Crippen LogP) is 1.84. The summed E-state index contributed by atoms with van der Waals surface area (Å²) < 4.78 is 1.72. The standard InChI is InChI=1S/C21H19ClN6O3/c1-26-18-17(19(30)27(2)21(26)31)28(12-14-7-3-4-9-16(14)22)20(24-18)25-23-11-13-6-5-8-15(29)10-13/h3-11,17,29H,12H2,1-2H3/p+1/b23-11+. The van der Waals surface area contributed by atoms with Gasteiger partial charge < -0.3 is 5.11 Å².